The zero-order valence-electron chi connectivity index (χ0n) is 17.9. The number of fused-ring (bicyclic) bond motifs is 5. The molecule has 0 spiro atoms. The lowest BCUT2D eigenvalue weighted by atomic mass is 9.70. The number of nitriles is 1. The Morgan fingerprint density at radius 1 is 0.906 bits per heavy atom. The molecule has 2 aliphatic heterocycles. The van der Waals surface area contributed by atoms with Gasteiger partial charge in [-0.25, -0.2) is 0 Å². The first-order chi connectivity index (χ1) is 15.8. The van der Waals surface area contributed by atoms with Crippen LogP contribution in [0.25, 0.3) is 11.0 Å². The summed E-state index contributed by atoms with van der Waals surface area (Å²) in [5.74, 6) is 2.71. The van der Waals surface area contributed by atoms with E-state index in [0.717, 1.165) is 72.9 Å². The summed E-state index contributed by atoms with van der Waals surface area (Å²) in [6.07, 6.45) is 2.63. The van der Waals surface area contributed by atoms with Gasteiger partial charge >= 0.3 is 0 Å². The lowest BCUT2D eigenvalue weighted by Crippen LogP contribution is -2.34. The SMILES string of the molecule is N#CC1(CCCN2CCc3oc4ccccc4c3C2)c2ccccc2Oc2ccccc21. The molecule has 4 aromatic rings. The molecule has 32 heavy (non-hydrogen) atoms. The third-order valence-corrected chi connectivity index (χ3v) is 6.95. The lowest BCUT2D eigenvalue weighted by molar-refractivity contribution is 0.234. The molecule has 4 nitrogen and oxygen atoms in total. The second-order valence-corrected chi connectivity index (χ2v) is 8.74. The van der Waals surface area contributed by atoms with Crippen LogP contribution in [0.1, 0.15) is 35.3 Å². The Balaban J connectivity index is 1.25. The molecule has 2 aliphatic rings. The molecule has 0 unspecified atom stereocenters. The van der Waals surface area contributed by atoms with Gasteiger partial charge in [0.15, 0.2) is 0 Å². The van der Waals surface area contributed by atoms with Crippen LogP contribution in [-0.4, -0.2) is 18.0 Å². The van der Waals surface area contributed by atoms with E-state index in [2.05, 4.69) is 29.2 Å². The summed E-state index contributed by atoms with van der Waals surface area (Å²) in [7, 11) is 0. The van der Waals surface area contributed by atoms with Crippen molar-refractivity contribution in [3.05, 3.63) is 95.2 Å². The number of hydrogen-bond acceptors (Lipinski definition) is 4. The van der Waals surface area contributed by atoms with Crippen molar-refractivity contribution in [2.75, 3.05) is 13.1 Å². The summed E-state index contributed by atoms with van der Waals surface area (Å²) in [6.45, 7) is 2.85. The highest BCUT2D eigenvalue weighted by molar-refractivity contribution is 5.82. The zero-order valence-corrected chi connectivity index (χ0v) is 17.9. The molecule has 0 N–H and O–H groups in total. The normalized spacial score (nSPS) is 16.5. The molecular weight excluding hydrogens is 396 g/mol. The van der Waals surface area contributed by atoms with E-state index in [9.17, 15) is 5.26 Å². The van der Waals surface area contributed by atoms with Gasteiger partial charge in [-0.2, -0.15) is 5.26 Å². The molecule has 0 radical (unpaired) electrons. The highest BCUT2D eigenvalue weighted by Crippen LogP contribution is 2.50. The van der Waals surface area contributed by atoms with Crippen LogP contribution in [-0.2, 0) is 18.4 Å². The minimum atomic E-state index is -0.686. The fraction of sp³-hybridized carbons (Fsp3) is 0.250. The predicted molar refractivity (Wildman–Crippen MR) is 124 cm³/mol. The molecule has 0 fully saturated rings. The van der Waals surface area contributed by atoms with E-state index in [1.165, 1.54) is 10.9 Å². The maximum absolute atomic E-state index is 10.5. The summed E-state index contributed by atoms with van der Waals surface area (Å²) < 4.78 is 12.2. The van der Waals surface area contributed by atoms with Crippen molar-refractivity contribution >= 4 is 11.0 Å². The van der Waals surface area contributed by atoms with Crippen molar-refractivity contribution in [3.63, 3.8) is 0 Å². The molecule has 3 heterocycles. The van der Waals surface area contributed by atoms with Gasteiger partial charge in [0.25, 0.3) is 0 Å². The fourth-order valence-electron chi connectivity index (χ4n) is 5.37. The van der Waals surface area contributed by atoms with Gasteiger partial charge in [0.1, 0.15) is 28.3 Å². The van der Waals surface area contributed by atoms with Gasteiger partial charge in [0.2, 0.25) is 0 Å². The van der Waals surface area contributed by atoms with E-state index in [4.69, 9.17) is 9.15 Å². The Hall–Kier alpha value is -3.55. The van der Waals surface area contributed by atoms with Gasteiger partial charge in [-0.3, -0.25) is 4.90 Å². The molecule has 0 saturated heterocycles. The van der Waals surface area contributed by atoms with Crippen LogP contribution in [0.15, 0.2) is 77.2 Å². The standard InChI is InChI=1S/C28H24N2O2/c29-19-28(22-9-2-5-12-26(22)32-27-13-6-3-10-23(27)28)15-7-16-30-17-14-25-21(18-30)20-8-1-4-11-24(20)31-25/h1-6,8-13H,7,14-18H2. The van der Waals surface area contributed by atoms with Crippen molar-refractivity contribution < 1.29 is 9.15 Å². The molecule has 1 aromatic heterocycles. The van der Waals surface area contributed by atoms with E-state index < -0.39 is 5.41 Å². The molecule has 6 rings (SSSR count). The van der Waals surface area contributed by atoms with Crippen molar-refractivity contribution in [1.29, 1.82) is 5.26 Å². The van der Waals surface area contributed by atoms with Gasteiger partial charge in [0, 0.05) is 41.6 Å². The van der Waals surface area contributed by atoms with Crippen LogP contribution in [0.4, 0.5) is 0 Å². The number of rotatable bonds is 4. The predicted octanol–water partition coefficient (Wildman–Crippen LogP) is 6.19. The first kappa shape index (κ1) is 19.2. The van der Waals surface area contributed by atoms with Gasteiger partial charge in [-0.1, -0.05) is 54.6 Å². The Bertz CT molecular complexity index is 1300. The maximum atomic E-state index is 10.5. The largest absolute Gasteiger partial charge is 0.461 e. The van der Waals surface area contributed by atoms with Crippen LogP contribution in [0.2, 0.25) is 0 Å². The van der Waals surface area contributed by atoms with E-state index in [-0.39, 0.29) is 0 Å². The minimum absolute atomic E-state index is 0.686. The number of para-hydroxylation sites is 3. The Labute approximate surface area is 187 Å². The summed E-state index contributed by atoms with van der Waals surface area (Å²) in [6, 6.07) is 26.9. The Morgan fingerprint density at radius 3 is 2.34 bits per heavy atom. The number of furan rings is 1. The van der Waals surface area contributed by atoms with E-state index >= 15 is 0 Å². The number of nitrogens with zero attached hydrogens (tertiary/aromatic N) is 2. The fourth-order valence-corrected chi connectivity index (χ4v) is 5.37. The first-order valence-electron chi connectivity index (χ1n) is 11.3. The maximum Gasteiger partial charge on any atom is 0.134 e. The third kappa shape index (κ3) is 2.93. The van der Waals surface area contributed by atoms with Gasteiger partial charge in [0.05, 0.1) is 6.07 Å². The van der Waals surface area contributed by atoms with E-state index in [1.807, 2.05) is 54.6 Å². The van der Waals surface area contributed by atoms with Crippen molar-refractivity contribution in [3.8, 4) is 17.6 Å². The smallest absolute Gasteiger partial charge is 0.134 e. The number of hydrogen-bond donors (Lipinski definition) is 0. The highest BCUT2D eigenvalue weighted by Gasteiger charge is 2.42. The highest BCUT2D eigenvalue weighted by atomic mass is 16.5. The second kappa shape index (κ2) is 7.55. The monoisotopic (exact) mass is 420 g/mol. The van der Waals surface area contributed by atoms with Crippen LogP contribution in [0, 0.1) is 11.3 Å². The molecule has 0 aliphatic carbocycles. The average Bonchev–Trinajstić information content (AvgIpc) is 3.21. The molecule has 3 aromatic carbocycles. The molecule has 0 amide bonds. The molecule has 0 bridgehead atoms. The quantitative estimate of drug-likeness (QED) is 0.395. The number of benzene rings is 3. The Morgan fingerprint density at radius 2 is 1.59 bits per heavy atom. The summed E-state index contributed by atoms with van der Waals surface area (Å²) in [5, 5.41) is 11.7. The first-order valence-corrected chi connectivity index (χ1v) is 11.3. The molecule has 4 heteroatoms. The second-order valence-electron chi connectivity index (χ2n) is 8.74. The summed E-state index contributed by atoms with van der Waals surface area (Å²) in [5.41, 5.74) is 3.57. The van der Waals surface area contributed by atoms with E-state index in [0.29, 0.717) is 0 Å². The summed E-state index contributed by atoms with van der Waals surface area (Å²) in [4.78, 5) is 2.49. The van der Waals surface area contributed by atoms with Crippen molar-refractivity contribution in [2.24, 2.45) is 0 Å². The van der Waals surface area contributed by atoms with Crippen LogP contribution in [0.3, 0.4) is 0 Å². The van der Waals surface area contributed by atoms with Crippen LogP contribution >= 0.6 is 0 Å². The van der Waals surface area contributed by atoms with Gasteiger partial charge in [-0.05, 0) is 37.6 Å². The van der Waals surface area contributed by atoms with Crippen LogP contribution < -0.4 is 4.74 Å². The lowest BCUT2D eigenvalue weighted by Gasteiger charge is -2.35. The van der Waals surface area contributed by atoms with Crippen molar-refractivity contribution in [2.45, 2.75) is 31.2 Å². The summed E-state index contributed by atoms with van der Waals surface area (Å²) >= 11 is 0. The van der Waals surface area contributed by atoms with Gasteiger partial charge < -0.3 is 9.15 Å². The topological polar surface area (TPSA) is 49.4 Å². The third-order valence-electron chi connectivity index (χ3n) is 6.95. The molecule has 158 valence electrons. The zero-order chi connectivity index (χ0) is 21.5. The molecule has 0 saturated carbocycles. The molecule has 0 atom stereocenters. The van der Waals surface area contributed by atoms with Crippen molar-refractivity contribution in [1.82, 2.24) is 4.90 Å². The number of ether oxygens (including phenoxy) is 1. The van der Waals surface area contributed by atoms with E-state index in [1.54, 1.807) is 0 Å². The Kier molecular flexibility index (Phi) is 4.52. The minimum Gasteiger partial charge on any atom is -0.461 e. The molecular formula is C28H24N2O2. The van der Waals surface area contributed by atoms with Crippen LogP contribution in [0.5, 0.6) is 11.5 Å². The van der Waals surface area contributed by atoms with Gasteiger partial charge in [-0.15, -0.1) is 0 Å². The average molecular weight is 421 g/mol.